The van der Waals surface area contributed by atoms with E-state index >= 15 is 0 Å². The van der Waals surface area contributed by atoms with E-state index in [0.717, 1.165) is 4.90 Å². The molecule has 3 atom stereocenters. The molecule has 7 amide bonds. The minimum absolute atomic E-state index is 0.116. The van der Waals surface area contributed by atoms with Gasteiger partial charge in [-0.2, -0.15) is 11.8 Å². The highest BCUT2D eigenvalue weighted by molar-refractivity contribution is 7.98. The molecule has 1 aromatic rings. The Kier molecular flexibility index (Phi) is 21.3. The first-order chi connectivity index (χ1) is 29.4. The molecular formula is C42H62N6O13S. The van der Waals surface area contributed by atoms with Crippen LogP contribution in [-0.4, -0.2) is 147 Å². The zero-order valence-corrected chi connectivity index (χ0v) is 37.3. The molecule has 3 rings (SSSR count). The van der Waals surface area contributed by atoms with Crippen molar-refractivity contribution >= 4 is 59.3 Å². The number of nitrogens with one attached hydrogen (secondary N) is 5. The Hall–Kier alpha value is -5.05. The summed E-state index contributed by atoms with van der Waals surface area (Å²) in [6, 6.07) is 3.59. The Bertz CT molecular complexity index is 1730. The molecule has 3 unspecified atom stereocenters. The van der Waals surface area contributed by atoms with Crippen LogP contribution < -0.4 is 26.6 Å². The lowest BCUT2D eigenvalue weighted by Crippen LogP contribution is -2.51. The molecule has 19 nitrogen and oxygen atoms in total. The number of nitrogens with zero attached hydrogens (tertiary/aromatic N) is 1. The first-order valence-electron chi connectivity index (χ1n) is 20.6. The summed E-state index contributed by atoms with van der Waals surface area (Å²) in [5.41, 5.74) is -1.24. The van der Waals surface area contributed by atoms with Gasteiger partial charge in [-0.3, -0.25) is 33.7 Å². The summed E-state index contributed by atoms with van der Waals surface area (Å²) in [6.07, 6.45) is 4.79. The number of amides is 7. The van der Waals surface area contributed by atoms with Crippen LogP contribution in [0.1, 0.15) is 88.7 Å². The van der Waals surface area contributed by atoms with E-state index in [0.29, 0.717) is 37.4 Å². The SMILES string of the molecule is CSCCC(NC(=O)c1cccc(C2CC(C)(C)OC(=O)NCCOCCOCCOCC(=O)N2)c1)C(=O)NCC(=O)NC(CCCCN1C(=O)C=CC1=O)C(=O)OC(C)(C)C. The van der Waals surface area contributed by atoms with Crippen molar-refractivity contribution in [2.45, 2.75) is 96.1 Å². The van der Waals surface area contributed by atoms with E-state index in [9.17, 15) is 38.4 Å². The van der Waals surface area contributed by atoms with Crippen LogP contribution >= 0.6 is 11.8 Å². The molecule has 0 spiro atoms. The molecular weight excluding hydrogens is 829 g/mol. The van der Waals surface area contributed by atoms with E-state index < -0.39 is 83.4 Å². The Balaban J connectivity index is 1.68. The number of imide groups is 1. The summed E-state index contributed by atoms with van der Waals surface area (Å²) >= 11 is 1.46. The normalized spacial score (nSPS) is 19.1. The Morgan fingerprint density at radius 1 is 0.919 bits per heavy atom. The number of hydrogen-bond donors (Lipinski definition) is 5. The minimum Gasteiger partial charge on any atom is -0.458 e. The molecule has 0 bridgehead atoms. The van der Waals surface area contributed by atoms with Crippen LogP contribution in [0.3, 0.4) is 0 Å². The maximum absolute atomic E-state index is 13.7. The lowest BCUT2D eigenvalue weighted by atomic mass is 9.92. The molecule has 1 saturated heterocycles. The second kappa shape index (κ2) is 25.8. The molecule has 2 aliphatic rings. The van der Waals surface area contributed by atoms with Crippen molar-refractivity contribution in [1.29, 1.82) is 0 Å². The summed E-state index contributed by atoms with van der Waals surface area (Å²) in [5, 5.41) is 13.5. The van der Waals surface area contributed by atoms with Gasteiger partial charge in [0, 0.05) is 37.2 Å². The van der Waals surface area contributed by atoms with Gasteiger partial charge < -0.3 is 50.3 Å². The van der Waals surface area contributed by atoms with Crippen molar-refractivity contribution in [2.24, 2.45) is 0 Å². The van der Waals surface area contributed by atoms with Crippen LogP contribution in [0.2, 0.25) is 0 Å². The number of benzene rings is 1. The van der Waals surface area contributed by atoms with Crippen LogP contribution in [0.15, 0.2) is 36.4 Å². The number of carbonyl (C=O) groups excluding carboxylic acids is 8. The lowest BCUT2D eigenvalue weighted by molar-refractivity contribution is -0.159. The van der Waals surface area contributed by atoms with Crippen molar-refractivity contribution in [1.82, 2.24) is 31.5 Å². The van der Waals surface area contributed by atoms with Crippen molar-refractivity contribution in [3.63, 3.8) is 0 Å². The molecule has 5 N–H and O–H groups in total. The van der Waals surface area contributed by atoms with Crippen molar-refractivity contribution in [3.8, 4) is 0 Å². The van der Waals surface area contributed by atoms with Crippen molar-refractivity contribution in [2.75, 3.05) is 71.3 Å². The molecule has 0 aliphatic carbocycles. The van der Waals surface area contributed by atoms with E-state index in [1.165, 1.54) is 23.9 Å². The fraction of sp³-hybridized carbons (Fsp3) is 0.619. The molecule has 0 aromatic heterocycles. The monoisotopic (exact) mass is 890 g/mol. The molecule has 344 valence electrons. The van der Waals surface area contributed by atoms with Crippen molar-refractivity contribution < 1.29 is 62.0 Å². The van der Waals surface area contributed by atoms with Crippen LogP contribution in [0.25, 0.3) is 0 Å². The third-order valence-corrected chi connectivity index (χ3v) is 9.80. The summed E-state index contributed by atoms with van der Waals surface area (Å²) in [7, 11) is 0. The maximum Gasteiger partial charge on any atom is 0.407 e. The van der Waals surface area contributed by atoms with Gasteiger partial charge in [-0.05, 0) is 90.0 Å². The highest BCUT2D eigenvalue weighted by atomic mass is 32.2. The number of cyclic esters (lactones) is 1. The zero-order chi connectivity index (χ0) is 45.7. The number of rotatable bonds is 16. The topological polar surface area (TPSA) is 246 Å². The standard InChI is InChI=1S/C42H62N6O13S/c1-41(2,3)60-39(55)31(12-7-8-17-48-35(51)13-14-36(48)52)45-33(49)26-44-38(54)30(15-23-62-6)47-37(53)29-11-9-10-28(24-29)32-25-42(4,5)61-40(56)43-16-18-57-19-20-58-21-22-59-27-34(50)46-32/h9-11,13-14,24,30-32H,7-8,12,15-23,25-27H2,1-6H3,(H,43,56)(H,44,54)(H,45,49)(H,46,50)(H,47,53). The van der Waals surface area contributed by atoms with Crippen LogP contribution in [0.5, 0.6) is 0 Å². The molecule has 2 aliphatic heterocycles. The fourth-order valence-electron chi connectivity index (χ4n) is 6.21. The van der Waals surface area contributed by atoms with Gasteiger partial charge in [-0.25, -0.2) is 9.59 Å². The number of thioether (sulfide) groups is 1. The Morgan fingerprint density at radius 3 is 2.27 bits per heavy atom. The predicted molar refractivity (Wildman–Crippen MR) is 228 cm³/mol. The summed E-state index contributed by atoms with van der Waals surface area (Å²) in [6.45, 7) is 9.34. The average Bonchev–Trinajstić information content (AvgIpc) is 3.52. The quantitative estimate of drug-likeness (QED) is 0.0902. The van der Waals surface area contributed by atoms with Gasteiger partial charge in [-0.1, -0.05) is 12.1 Å². The lowest BCUT2D eigenvalue weighted by Gasteiger charge is -2.31. The van der Waals surface area contributed by atoms with E-state index in [4.69, 9.17) is 23.7 Å². The Labute approximate surface area is 366 Å². The van der Waals surface area contributed by atoms with Crippen LogP contribution in [0.4, 0.5) is 4.79 Å². The van der Waals surface area contributed by atoms with Gasteiger partial charge in [0.1, 0.15) is 29.9 Å². The van der Waals surface area contributed by atoms with Crippen LogP contribution in [-0.2, 0) is 52.5 Å². The summed E-state index contributed by atoms with van der Waals surface area (Å²) in [4.78, 5) is 104. The van der Waals surface area contributed by atoms with E-state index in [2.05, 4.69) is 26.6 Å². The highest BCUT2D eigenvalue weighted by Gasteiger charge is 2.31. The molecule has 62 heavy (non-hydrogen) atoms. The largest absolute Gasteiger partial charge is 0.458 e. The van der Waals surface area contributed by atoms with Crippen LogP contribution in [0, 0.1) is 0 Å². The number of hydrogen-bond acceptors (Lipinski definition) is 14. The second-order valence-corrected chi connectivity index (χ2v) is 17.1. The van der Waals surface area contributed by atoms with Crippen molar-refractivity contribution in [3.05, 3.63) is 47.5 Å². The molecule has 1 aromatic carbocycles. The fourth-order valence-corrected chi connectivity index (χ4v) is 6.68. The average molecular weight is 891 g/mol. The maximum atomic E-state index is 13.7. The first-order valence-corrected chi connectivity index (χ1v) is 22.0. The highest BCUT2D eigenvalue weighted by Crippen LogP contribution is 2.28. The first kappa shape index (κ1) is 51.3. The predicted octanol–water partition coefficient (Wildman–Crippen LogP) is 1.69. The second-order valence-electron chi connectivity index (χ2n) is 16.1. The number of unbranched alkanes of at least 4 members (excludes halogenated alkanes) is 1. The molecule has 0 radical (unpaired) electrons. The third kappa shape index (κ3) is 19.3. The third-order valence-electron chi connectivity index (χ3n) is 9.15. The van der Waals surface area contributed by atoms with Gasteiger partial charge >= 0.3 is 12.1 Å². The molecule has 20 heteroatoms. The smallest absolute Gasteiger partial charge is 0.407 e. The molecule has 0 saturated carbocycles. The molecule has 1 fully saturated rings. The van der Waals surface area contributed by atoms with Gasteiger partial charge in [0.05, 0.1) is 45.6 Å². The minimum atomic E-state index is -1.09. The van der Waals surface area contributed by atoms with Gasteiger partial charge in [-0.15, -0.1) is 0 Å². The summed E-state index contributed by atoms with van der Waals surface area (Å²) in [5.74, 6) is -3.37. The number of ether oxygens (including phenoxy) is 5. The van der Waals surface area contributed by atoms with E-state index in [1.807, 2.05) is 6.26 Å². The van der Waals surface area contributed by atoms with E-state index in [-0.39, 0.29) is 64.3 Å². The van der Waals surface area contributed by atoms with Gasteiger partial charge in [0.15, 0.2) is 0 Å². The molecule has 2 heterocycles. The van der Waals surface area contributed by atoms with Gasteiger partial charge in [0.2, 0.25) is 17.7 Å². The van der Waals surface area contributed by atoms with Gasteiger partial charge in [0.25, 0.3) is 17.7 Å². The Morgan fingerprint density at radius 2 is 1.60 bits per heavy atom. The number of esters is 1. The van der Waals surface area contributed by atoms with E-state index in [1.54, 1.807) is 58.9 Å². The zero-order valence-electron chi connectivity index (χ0n) is 36.5. The number of alkyl carbamates (subject to hydrolysis) is 1. The summed E-state index contributed by atoms with van der Waals surface area (Å²) < 4.78 is 27.6. The number of carbonyl (C=O) groups is 8.